The fourth-order valence-corrected chi connectivity index (χ4v) is 4.33. The summed E-state index contributed by atoms with van der Waals surface area (Å²) in [7, 11) is 2.10. The molecule has 1 aromatic rings. The molecule has 1 fully saturated rings. The van der Waals surface area contributed by atoms with Crippen molar-refractivity contribution >= 4 is 22.9 Å². The highest BCUT2D eigenvalue weighted by Gasteiger charge is 2.26. The van der Waals surface area contributed by atoms with Crippen molar-refractivity contribution in [1.82, 2.24) is 5.32 Å². The maximum absolute atomic E-state index is 6.01. The zero-order chi connectivity index (χ0) is 13.0. The van der Waals surface area contributed by atoms with Crippen LogP contribution in [0.25, 0.3) is 0 Å². The molecule has 1 heterocycles. The van der Waals surface area contributed by atoms with Gasteiger partial charge in [0, 0.05) is 10.9 Å². The molecule has 1 N–H and O–H groups in total. The van der Waals surface area contributed by atoms with E-state index in [-0.39, 0.29) is 0 Å². The quantitative estimate of drug-likeness (QED) is 0.823. The summed E-state index contributed by atoms with van der Waals surface area (Å²) in [4.78, 5) is 1.41. The molecule has 0 bridgehead atoms. The Kier molecular flexibility index (Phi) is 5.53. The topological polar surface area (TPSA) is 12.0 Å². The van der Waals surface area contributed by atoms with Gasteiger partial charge in [0.05, 0.1) is 4.34 Å². The molecule has 1 aromatic heterocycles. The molecule has 1 saturated carbocycles. The van der Waals surface area contributed by atoms with Gasteiger partial charge in [0.15, 0.2) is 0 Å². The second-order valence-electron chi connectivity index (χ2n) is 5.49. The number of rotatable bonds is 5. The first-order valence-electron chi connectivity index (χ1n) is 7.14. The lowest BCUT2D eigenvalue weighted by Gasteiger charge is -2.33. The van der Waals surface area contributed by atoms with Crippen LogP contribution in [0.15, 0.2) is 12.1 Å². The monoisotopic (exact) mass is 285 g/mol. The van der Waals surface area contributed by atoms with E-state index >= 15 is 0 Å². The standard InChI is InChI=1S/C15H24ClNS/c1-3-11-4-6-12(7-5-11)14(17-2)10-13-8-9-15(16)18-13/h8-9,11-12,14,17H,3-7,10H2,1-2H3. The Bertz CT molecular complexity index is 355. The summed E-state index contributed by atoms with van der Waals surface area (Å²) >= 11 is 7.73. The molecule has 0 amide bonds. The van der Waals surface area contributed by atoms with E-state index in [0.717, 1.165) is 22.6 Å². The minimum atomic E-state index is 0.623. The van der Waals surface area contributed by atoms with Crippen LogP contribution < -0.4 is 5.32 Å². The lowest BCUT2D eigenvalue weighted by atomic mass is 9.77. The molecular weight excluding hydrogens is 262 g/mol. The van der Waals surface area contributed by atoms with Gasteiger partial charge >= 0.3 is 0 Å². The Labute approximate surface area is 120 Å². The SMILES string of the molecule is CCC1CCC(C(Cc2ccc(Cl)s2)NC)CC1. The van der Waals surface area contributed by atoms with Crippen molar-refractivity contribution in [1.29, 1.82) is 0 Å². The predicted octanol–water partition coefficient (Wildman–Crippen LogP) is 4.75. The molecule has 0 aliphatic heterocycles. The van der Waals surface area contributed by atoms with Crippen LogP contribution >= 0.6 is 22.9 Å². The molecule has 0 saturated heterocycles. The van der Waals surface area contributed by atoms with Gasteiger partial charge in [-0.15, -0.1) is 11.3 Å². The smallest absolute Gasteiger partial charge is 0.0931 e. The molecule has 1 atom stereocenters. The summed E-state index contributed by atoms with van der Waals surface area (Å²) in [6, 6.07) is 4.81. The van der Waals surface area contributed by atoms with E-state index in [4.69, 9.17) is 11.6 Å². The van der Waals surface area contributed by atoms with Crippen molar-refractivity contribution in [3.8, 4) is 0 Å². The van der Waals surface area contributed by atoms with Gasteiger partial charge in [0.1, 0.15) is 0 Å². The molecule has 3 heteroatoms. The van der Waals surface area contributed by atoms with Crippen molar-refractivity contribution < 1.29 is 0 Å². The summed E-state index contributed by atoms with van der Waals surface area (Å²) in [5, 5.41) is 3.53. The first kappa shape index (κ1) is 14.4. The van der Waals surface area contributed by atoms with E-state index in [2.05, 4.69) is 25.4 Å². The van der Waals surface area contributed by atoms with Gasteiger partial charge in [-0.05, 0) is 50.3 Å². The number of nitrogens with one attached hydrogen (secondary N) is 1. The number of hydrogen-bond donors (Lipinski definition) is 1. The van der Waals surface area contributed by atoms with Crippen LogP contribution in [0.1, 0.15) is 43.9 Å². The highest BCUT2D eigenvalue weighted by atomic mass is 35.5. The Hall–Kier alpha value is -0.0500. The summed E-state index contributed by atoms with van der Waals surface area (Å²) in [6.07, 6.45) is 8.12. The second kappa shape index (κ2) is 6.93. The normalized spacial score (nSPS) is 26.2. The molecule has 1 nitrogen and oxygen atoms in total. The van der Waals surface area contributed by atoms with E-state index in [0.29, 0.717) is 6.04 Å². The van der Waals surface area contributed by atoms with E-state index in [9.17, 15) is 0 Å². The lowest BCUT2D eigenvalue weighted by Crippen LogP contribution is -2.37. The maximum Gasteiger partial charge on any atom is 0.0931 e. The summed E-state index contributed by atoms with van der Waals surface area (Å²) in [5.74, 6) is 1.83. The molecular formula is C15H24ClNS. The van der Waals surface area contributed by atoms with Crippen LogP contribution in [0.2, 0.25) is 4.34 Å². The third-order valence-corrected chi connectivity index (χ3v) is 5.71. The largest absolute Gasteiger partial charge is 0.316 e. The third kappa shape index (κ3) is 3.72. The van der Waals surface area contributed by atoms with E-state index in [1.54, 1.807) is 11.3 Å². The fourth-order valence-electron chi connectivity index (χ4n) is 3.18. The van der Waals surface area contributed by atoms with Gasteiger partial charge in [-0.2, -0.15) is 0 Å². The van der Waals surface area contributed by atoms with Crippen LogP contribution in [0.4, 0.5) is 0 Å². The summed E-state index contributed by atoms with van der Waals surface area (Å²) < 4.78 is 0.912. The number of hydrogen-bond acceptors (Lipinski definition) is 2. The third-order valence-electron chi connectivity index (χ3n) is 4.46. The molecule has 0 aromatic carbocycles. The molecule has 102 valence electrons. The van der Waals surface area contributed by atoms with Crippen molar-refractivity contribution in [3.63, 3.8) is 0 Å². The molecule has 1 aliphatic rings. The van der Waals surface area contributed by atoms with Gasteiger partial charge in [-0.25, -0.2) is 0 Å². The number of likely N-dealkylation sites (N-methyl/N-ethyl adjacent to an activating group) is 1. The number of halogens is 1. The minimum absolute atomic E-state index is 0.623. The van der Waals surface area contributed by atoms with Gasteiger partial charge in [-0.3, -0.25) is 0 Å². The maximum atomic E-state index is 6.01. The lowest BCUT2D eigenvalue weighted by molar-refractivity contribution is 0.222. The Morgan fingerprint density at radius 2 is 2.06 bits per heavy atom. The van der Waals surface area contributed by atoms with Crippen molar-refractivity contribution in [3.05, 3.63) is 21.3 Å². The molecule has 1 unspecified atom stereocenters. The second-order valence-corrected chi connectivity index (χ2v) is 7.29. The van der Waals surface area contributed by atoms with Gasteiger partial charge in [0.2, 0.25) is 0 Å². The summed E-state index contributed by atoms with van der Waals surface area (Å²) in [6.45, 7) is 2.33. The van der Waals surface area contributed by atoms with Crippen LogP contribution in [0.5, 0.6) is 0 Å². The molecule has 0 spiro atoms. The van der Waals surface area contributed by atoms with Crippen molar-refractivity contribution in [2.75, 3.05) is 7.05 Å². The van der Waals surface area contributed by atoms with E-state index in [1.807, 2.05) is 6.07 Å². The number of thiophene rings is 1. The van der Waals surface area contributed by atoms with Crippen LogP contribution in [0.3, 0.4) is 0 Å². The van der Waals surface area contributed by atoms with Gasteiger partial charge < -0.3 is 5.32 Å². The highest BCUT2D eigenvalue weighted by Crippen LogP contribution is 2.34. The molecule has 2 rings (SSSR count). The van der Waals surface area contributed by atoms with Gasteiger partial charge in [0.25, 0.3) is 0 Å². The zero-order valence-corrected chi connectivity index (χ0v) is 13.0. The molecule has 18 heavy (non-hydrogen) atoms. The fraction of sp³-hybridized carbons (Fsp3) is 0.733. The van der Waals surface area contributed by atoms with Crippen molar-refractivity contribution in [2.24, 2.45) is 11.8 Å². The highest BCUT2D eigenvalue weighted by molar-refractivity contribution is 7.16. The predicted molar refractivity (Wildman–Crippen MR) is 81.6 cm³/mol. The Morgan fingerprint density at radius 1 is 1.33 bits per heavy atom. The van der Waals surface area contributed by atoms with E-state index in [1.165, 1.54) is 37.0 Å². The van der Waals surface area contributed by atoms with Gasteiger partial charge in [-0.1, -0.05) is 37.8 Å². The Morgan fingerprint density at radius 3 is 2.56 bits per heavy atom. The first-order chi connectivity index (χ1) is 8.72. The average Bonchev–Trinajstić information content (AvgIpc) is 2.82. The summed E-state index contributed by atoms with van der Waals surface area (Å²) in [5.41, 5.74) is 0. The van der Waals surface area contributed by atoms with Crippen LogP contribution in [-0.4, -0.2) is 13.1 Å². The van der Waals surface area contributed by atoms with Crippen LogP contribution in [0, 0.1) is 11.8 Å². The molecule has 1 aliphatic carbocycles. The Balaban J connectivity index is 1.89. The van der Waals surface area contributed by atoms with Crippen LogP contribution in [-0.2, 0) is 6.42 Å². The minimum Gasteiger partial charge on any atom is -0.316 e. The molecule has 0 radical (unpaired) electrons. The zero-order valence-electron chi connectivity index (χ0n) is 11.4. The van der Waals surface area contributed by atoms with Crippen molar-refractivity contribution in [2.45, 2.75) is 51.5 Å². The average molecular weight is 286 g/mol. The first-order valence-corrected chi connectivity index (χ1v) is 8.33. The van der Waals surface area contributed by atoms with E-state index < -0.39 is 0 Å².